The number of hydrogen-bond acceptors (Lipinski definition) is 5. The van der Waals surface area contributed by atoms with Gasteiger partial charge in [-0.1, -0.05) is 0 Å². The number of hydrogen-bond donors (Lipinski definition) is 3. The zero-order chi connectivity index (χ0) is 16.2. The van der Waals surface area contributed by atoms with Crippen LogP contribution in [0.25, 0.3) is 0 Å². The van der Waals surface area contributed by atoms with Gasteiger partial charge < -0.3 is 5.32 Å². The van der Waals surface area contributed by atoms with E-state index in [0.717, 1.165) is 0 Å². The fourth-order valence-electron chi connectivity index (χ4n) is 1.42. The van der Waals surface area contributed by atoms with Gasteiger partial charge >= 0.3 is 6.18 Å². The van der Waals surface area contributed by atoms with Gasteiger partial charge in [0.1, 0.15) is 0 Å². The summed E-state index contributed by atoms with van der Waals surface area (Å²) in [5, 5.41) is 12.9. The SMILES string of the molecule is O=C(CCNC(=O)c1ccsc1)Nc1n[nH]c(C(F)(F)F)n1. The van der Waals surface area contributed by atoms with Crippen molar-refractivity contribution in [2.24, 2.45) is 0 Å². The average molecular weight is 333 g/mol. The van der Waals surface area contributed by atoms with E-state index in [0.29, 0.717) is 5.56 Å². The normalized spacial score (nSPS) is 11.2. The largest absolute Gasteiger partial charge is 0.451 e. The van der Waals surface area contributed by atoms with Gasteiger partial charge in [0.2, 0.25) is 17.7 Å². The molecule has 2 amide bonds. The molecule has 0 aliphatic carbocycles. The minimum atomic E-state index is -4.66. The molecule has 0 fully saturated rings. The first-order chi connectivity index (χ1) is 10.4. The molecule has 0 spiro atoms. The van der Waals surface area contributed by atoms with Gasteiger partial charge in [-0.15, -0.1) is 5.10 Å². The Bertz CT molecular complexity index is 653. The fourth-order valence-corrected chi connectivity index (χ4v) is 2.05. The topological polar surface area (TPSA) is 99.8 Å². The van der Waals surface area contributed by atoms with Gasteiger partial charge in [-0.05, 0) is 11.4 Å². The zero-order valence-electron chi connectivity index (χ0n) is 10.9. The third-order valence-electron chi connectivity index (χ3n) is 2.43. The molecule has 0 bridgehead atoms. The quantitative estimate of drug-likeness (QED) is 0.774. The number of nitrogens with zero attached hydrogens (tertiary/aromatic N) is 2. The molecule has 11 heteroatoms. The van der Waals surface area contributed by atoms with Crippen molar-refractivity contribution >= 4 is 29.1 Å². The summed E-state index contributed by atoms with van der Waals surface area (Å²) in [6.45, 7) is 0.0388. The number of aromatic nitrogens is 3. The molecule has 0 saturated heterocycles. The molecule has 2 aromatic heterocycles. The summed E-state index contributed by atoms with van der Waals surface area (Å²) < 4.78 is 36.8. The van der Waals surface area contributed by atoms with Gasteiger partial charge in [0.05, 0.1) is 0 Å². The van der Waals surface area contributed by atoms with Crippen molar-refractivity contribution in [1.82, 2.24) is 20.5 Å². The summed E-state index contributed by atoms with van der Waals surface area (Å²) in [6, 6.07) is 1.63. The summed E-state index contributed by atoms with van der Waals surface area (Å²) in [6.07, 6.45) is -4.78. The monoisotopic (exact) mass is 333 g/mol. The maximum atomic E-state index is 12.3. The van der Waals surface area contributed by atoms with Crippen LogP contribution in [0.3, 0.4) is 0 Å². The molecule has 118 valence electrons. The third-order valence-corrected chi connectivity index (χ3v) is 3.11. The molecule has 0 atom stereocenters. The zero-order valence-corrected chi connectivity index (χ0v) is 11.7. The van der Waals surface area contributed by atoms with E-state index < -0.39 is 23.9 Å². The third kappa shape index (κ3) is 4.28. The number of carbonyl (C=O) groups is 2. The molecule has 7 nitrogen and oxygen atoms in total. The molecule has 0 saturated carbocycles. The number of alkyl halides is 3. The van der Waals surface area contributed by atoms with Crippen LogP contribution in [0.5, 0.6) is 0 Å². The lowest BCUT2D eigenvalue weighted by molar-refractivity contribution is -0.144. The molecule has 0 aliphatic heterocycles. The van der Waals surface area contributed by atoms with E-state index in [9.17, 15) is 22.8 Å². The van der Waals surface area contributed by atoms with Crippen LogP contribution in [-0.2, 0) is 11.0 Å². The minimum absolute atomic E-state index is 0.0388. The van der Waals surface area contributed by atoms with E-state index in [-0.39, 0.29) is 18.9 Å². The van der Waals surface area contributed by atoms with Crippen LogP contribution in [-0.4, -0.2) is 33.5 Å². The van der Waals surface area contributed by atoms with E-state index in [1.54, 1.807) is 21.9 Å². The first-order valence-corrected chi connectivity index (χ1v) is 6.90. The van der Waals surface area contributed by atoms with Gasteiger partial charge in [-0.3, -0.25) is 20.0 Å². The molecule has 0 unspecified atom stereocenters. The average Bonchev–Trinajstić information content (AvgIpc) is 3.08. The van der Waals surface area contributed by atoms with Gasteiger partial charge in [0, 0.05) is 23.9 Å². The van der Waals surface area contributed by atoms with Crippen molar-refractivity contribution in [2.75, 3.05) is 11.9 Å². The molecular weight excluding hydrogens is 323 g/mol. The highest BCUT2D eigenvalue weighted by Gasteiger charge is 2.35. The second-order valence-corrected chi connectivity index (χ2v) is 4.85. The fraction of sp³-hybridized carbons (Fsp3) is 0.273. The van der Waals surface area contributed by atoms with Gasteiger partial charge in [0.15, 0.2) is 0 Å². The van der Waals surface area contributed by atoms with Gasteiger partial charge in [-0.2, -0.15) is 29.5 Å². The second-order valence-electron chi connectivity index (χ2n) is 4.07. The first kappa shape index (κ1) is 15.9. The van der Waals surface area contributed by atoms with Gasteiger partial charge in [0.25, 0.3) is 5.91 Å². The Hall–Kier alpha value is -2.43. The molecule has 2 rings (SSSR count). The molecule has 0 aromatic carbocycles. The predicted molar refractivity (Wildman–Crippen MR) is 71.3 cm³/mol. The molecule has 0 radical (unpaired) electrons. The number of anilines is 1. The van der Waals surface area contributed by atoms with Crippen LogP contribution in [0, 0.1) is 0 Å². The maximum Gasteiger partial charge on any atom is 0.451 e. The molecule has 2 heterocycles. The summed E-state index contributed by atoms with van der Waals surface area (Å²) >= 11 is 1.36. The van der Waals surface area contributed by atoms with Crippen LogP contribution in [0.1, 0.15) is 22.6 Å². The van der Waals surface area contributed by atoms with E-state index in [1.165, 1.54) is 11.3 Å². The smallest absolute Gasteiger partial charge is 0.351 e. The summed E-state index contributed by atoms with van der Waals surface area (Å²) in [5.41, 5.74) is 0.481. The summed E-state index contributed by atoms with van der Waals surface area (Å²) in [4.78, 5) is 26.2. The Morgan fingerprint density at radius 3 is 2.73 bits per heavy atom. The Balaban J connectivity index is 1.76. The van der Waals surface area contributed by atoms with Crippen molar-refractivity contribution in [3.63, 3.8) is 0 Å². The molecule has 0 aliphatic rings. The Morgan fingerprint density at radius 1 is 1.36 bits per heavy atom. The van der Waals surface area contributed by atoms with Crippen LogP contribution < -0.4 is 10.6 Å². The standard InChI is InChI=1S/C11H10F3N5O2S/c12-11(13,14)9-17-10(19-18-9)16-7(20)1-3-15-8(21)6-2-4-22-5-6/h2,4-5H,1,3H2,(H,15,21)(H2,16,17,18,19,20). The van der Waals surface area contributed by atoms with E-state index in [2.05, 4.69) is 20.7 Å². The summed E-state index contributed by atoms with van der Waals surface area (Å²) in [7, 11) is 0. The number of amides is 2. The van der Waals surface area contributed by atoms with Crippen molar-refractivity contribution in [3.05, 3.63) is 28.2 Å². The number of rotatable bonds is 5. The van der Waals surface area contributed by atoms with Crippen LogP contribution in [0.2, 0.25) is 0 Å². The lowest BCUT2D eigenvalue weighted by Gasteiger charge is -2.03. The van der Waals surface area contributed by atoms with Crippen molar-refractivity contribution in [2.45, 2.75) is 12.6 Å². The van der Waals surface area contributed by atoms with Gasteiger partial charge in [-0.25, -0.2) is 0 Å². The second kappa shape index (κ2) is 6.56. The van der Waals surface area contributed by atoms with Crippen molar-refractivity contribution in [1.29, 1.82) is 0 Å². The van der Waals surface area contributed by atoms with E-state index >= 15 is 0 Å². The Morgan fingerprint density at radius 2 is 2.14 bits per heavy atom. The maximum absolute atomic E-state index is 12.3. The highest BCUT2D eigenvalue weighted by Crippen LogP contribution is 2.26. The van der Waals surface area contributed by atoms with Crippen LogP contribution in [0.4, 0.5) is 19.1 Å². The lowest BCUT2D eigenvalue weighted by atomic mass is 10.3. The number of halogens is 3. The Labute approximate surface area is 125 Å². The summed E-state index contributed by atoms with van der Waals surface area (Å²) in [5.74, 6) is -2.71. The molecule has 3 N–H and O–H groups in total. The highest BCUT2D eigenvalue weighted by molar-refractivity contribution is 7.08. The predicted octanol–water partition coefficient (Wildman–Crippen LogP) is 1.64. The number of thiophene rings is 1. The Kier molecular flexibility index (Phi) is 4.75. The molecular formula is C11H10F3N5O2S. The van der Waals surface area contributed by atoms with Crippen LogP contribution in [0.15, 0.2) is 16.8 Å². The number of nitrogens with one attached hydrogen (secondary N) is 3. The van der Waals surface area contributed by atoms with E-state index in [4.69, 9.17) is 0 Å². The van der Waals surface area contributed by atoms with E-state index in [1.807, 2.05) is 0 Å². The lowest BCUT2D eigenvalue weighted by Crippen LogP contribution is -2.27. The molecule has 2 aromatic rings. The minimum Gasteiger partial charge on any atom is -0.351 e. The van der Waals surface area contributed by atoms with Crippen LogP contribution >= 0.6 is 11.3 Å². The number of aromatic amines is 1. The number of H-pyrrole nitrogens is 1. The van der Waals surface area contributed by atoms with Crippen molar-refractivity contribution in [3.8, 4) is 0 Å². The highest BCUT2D eigenvalue weighted by atomic mass is 32.1. The van der Waals surface area contributed by atoms with Crippen molar-refractivity contribution < 1.29 is 22.8 Å². The first-order valence-electron chi connectivity index (χ1n) is 5.96. The number of carbonyl (C=O) groups excluding carboxylic acids is 2. The molecule has 22 heavy (non-hydrogen) atoms.